The molecule has 0 rings (SSSR count). The first-order valence-corrected chi connectivity index (χ1v) is 6.34. The van der Waals surface area contributed by atoms with E-state index in [4.69, 9.17) is 5.26 Å². The summed E-state index contributed by atoms with van der Waals surface area (Å²) in [4.78, 5) is 1.74. The topological polar surface area (TPSA) is 61.2 Å². The Labute approximate surface area is 86.4 Å². The third-order valence-corrected chi connectivity index (χ3v) is 4.48. The first kappa shape index (κ1) is 13.4. The summed E-state index contributed by atoms with van der Waals surface area (Å²) in [7, 11) is -1.23. The lowest BCUT2D eigenvalue weighted by Gasteiger charge is -2.19. The van der Waals surface area contributed by atoms with Crippen molar-refractivity contribution < 1.29 is 8.42 Å². The van der Waals surface area contributed by atoms with Gasteiger partial charge in [0.2, 0.25) is 0 Å². The molecule has 82 valence electrons. The summed E-state index contributed by atoms with van der Waals surface area (Å²) >= 11 is 0. The van der Waals surface area contributed by atoms with E-state index in [0.29, 0.717) is 6.54 Å². The van der Waals surface area contributed by atoms with E-state index in [2.05, 4.69) is 6.07 Å². The van der Waals surface area contributed by atoms with Crippen molar-refractivity contribution in [2.75, 3.05) is 19.3 Å². The molecule has 4 nitrogen and oxygen atoms in total. The highest BCUT2D eigenvalue weighted by molar-refractivity contribution is 7.92. The van der Waals surface area contributed by atoms with Crippen LogP contribution in [0.2, 0.25) is 0 Å². The summed E-state index contributed by atoms with van der Waals surface area (Å²) < 4.78 is 22.9. The van der Waals surface area contributed by atoms with E-state index in [9.17, 15) is 8.42 Å². The number of nitrogens with zero attached hydrogens (tertiary/aromatic N) is 2. The van der Waals surface area contributed by atoms with Crippen LogP contribution in [0.1, 0.15) is 20.8 Å². The molecule has 0 N–H and O–H groups in total. The Kier molecular flexibility index (Phi) is 5.09. The number of hydrogen-bond acceptors (Lipinski definition) is 4. The third kappa shape index (κ3) is 4.07. The zero-order valence-corrected chi connectivity index (χ0v) is 10.0. The average Bonchev–Trinajstić information content (AvgIpc) is 2.12. The molecule has 0 fully saturated rings. The van der Waals surface area contributed by atoms with Crippen LogP contribution in [0.4, 0.5) is 0 Å². The van der Waals surface area contributed by atoms with Crippen LogP contribution in [0.15, 0.2) is 0 Å². The largest absolute Gasteiger partial charge is 0.290 e. The molecule has 0 saturated heterocycles. The van der Waals surface area contributed by atoms with Crippen molar-refractivity contribution in [2.24, 2.45) is 0 Å². The van der Waals surface area contributed by atoms with Crippen molar-refractivity contribution in [3.05, 3.63) is 0 Å². The van der Waals surface area contributed by atoms with Gasteiger partial charge in [-0.2, -0.15) is 5.26 Å². The van der Waals surface area contributed by atoms with Crippen molar-refractivity contribution in [3.8, 4) is 6.07 Å². The van der Waals surface area contributed by atoms with Gasteiger partial charge < -0.3 is 0 Å². The fourth-order valence-electron chi connectivity index (χ4n) is 0.799. The summed E-state index contributed by atoms with van der Waals surface area (Å²) in [6.45, 7) is 5.50. The van der Waals surface area contributed by atoms with Crippen LogP contribution in [0.5, 0.6) is 0 Å². The van der Waals surface area contributed by atoms with Crippen LogP contribution in [-0.4, -0.2) is 44.0 Å². The van der Waals surface area contributed by atoms with Gasteiger partial charge in [0.05, 0.1) is 23.1 Å². The lowest BCUT2D eigenvalue weighted by atomic mass is 10.3. The maximum absolute atomic E-state index is 11.4. The Bertz CT molecular complexity index is 303. The molecule has 0 aliphatic carbocycles. The van der Waals surface area contributed by atoms with Gasteiger partial charge in [-0.3, -0.25) is 4.90 Å². The number of rotatable bonds is 5. The van der Waals surface area contributed by atoms with Crippen molar-refractivity contribution in [3.63, 3.8) is 0 Å². The van der Waals surface area contributed by atoms with Crippen LogP contribution >= 0.6 is 0 Å². The van der Waals surface area contributed by atoms with Crippen LogP contribution in [0.25, 0.3) is 0 Å². The SMILES string of the molecule is CC(C#N)N(C)CCS(=O)(=O)C(C)C. The molecule has 0 aliphatic rings. The van der Waals surface area contributed by atoms with Gasteiger partial charge in [-0.05, 0) is 27.8 Å². The third-order valence-electron chi connectivity index (χ3n) is 2.29. The molecule has 1 atom stereocenters. The van der Waals surface area contributed by atoms with E-state index >= 15 is 0 Å². The molecule has 0 amide bonds. The molecule has 0 aromatic rings. The van der Waals surface area contributed by atoms with Crippen LogP contribution in [0, 0.1) is 11.3 Å². The Morgan fingerprint density at radius 3 is 2.21 bits per heavy atom. The number of nitriles is 1. The van der Waals surface area contributed by atoms with Gasteiger partial charge in [0, 0.05) is 6.54 Å². The first-order valence-electron chi connectivity index (χ1n) is 4.62. The van der Waals surface area contributed by atoms with Gasteiger partial charge in [-0.15, -0.1) is 0 Å². The summed E-state index contributed by atoms with van der Waals surface area (Å²) in [5.74, 6) is 0.118. The van der Waals surface area contributed by atoms with Crippen LogP contribution in [0.3, 0.4) is 0 Å². The van der Waals surface area contributed by atoms with Gasteiger partial charge in [-0.1, -0.05) is 0 Å². The fraction of sp³-hybridized carbons (Fsp3) is 0.889. The van der Waals surface area contributed by atoms with E-state index < -0.39 is 9.84 Å². The molecule has 0 spiro atoms. The highest BCUT2D eigenvalue weighted by Gasteiger charge is 2.18. The van der Waals surface area contributed by atoms with Crippen LogP contribution in [-0.2, 0) is 9.84 Å². The summed E-state index contributed by atoms with van der Waals surface area (Å²) in [5, 5.41) is 8.26. The molecule has 0 aromatic heterocycles. The molecule has 0 radical (unpaired) electrons. The lowest BCUT2D eigenvalue weighted by Crippen LogP contribution is -2.34. The van der Waals surface area contributed by atoms with Crippen molar-refractivity contribution >= 4 is 9.84 Å². The second-order valence-corrected chi connectivity index (χ2v) is 6.38. The van der Waals surface area contributed by atoms with Crippen molar-refractivity contribution in [1.29, 1.82) is 5.26 Å². The van der Waals surface area contributed by atoms with Crippen molar-refractivity contribution in [1.82, 2.24) is 4.90 Å². The van der Waals surface area contributed by atoms with Crippen LogP contribution < -0.4 is 0 Å². The van der Waals surface area contributed by atoms with E-state index in [1.54, 1.807) is 32.7 Å². The maximum atomic E-state index is 11.4. The molecule has 0 heterocycles. The zero-order valence-electron chi connectivity index (χ0n) is 9.19. The Morgan fingerprint density at radius 1 is 1.36 bits per heavy atom. The first-order chi connectivity index (χ1) is 6.31. The molecule has 0 aliphatic heterocycles. The van der Waals surface area contributed by atoms with E-state index in [1.165, 1.54) is 0 Å². The fourth-order valence-corrected chi connectivity index (χ4v) is 1.81. The minimum absolute atomic E-state index is 0.118. The maximum Gasteiger partial charge on any atom is 0.153 e. The van der Waals surface area contributed by atoms with Gasteiger partial charge in [0.25, 0.3) is 0 Å². The molecule has 0 aromatic carbocycles. The molecular formula is C9H18N2O2S. The molecule has 14 heavy (non-hydrogen) atoms. The van der Waals surface area contributed by atoms with Gasteiger partial charge in [0.15, 0.2) is 9.84 Å². The summed E-state index contributed by atoms with van der Waals surface area (Å²) in [5.41, 5.74) is 0. The second kappa shape index (κ2) is 5.32. The molecule has 0 bridgehead atoms. The average molecular weight is 218 g/mol. The molecule has 5 heteroatoms. The second-order valence-electron chi connectivity index (χ2n) is 3.70. The minimum atomic E-state index is -2.99. The van der Waals surface area contributed by atoms with E-state index in [1.807, 2.05) is 0 Å². The highest BCUT2D eigenvalue weighted by atomic mass is 32.2. The molecule has 1 unspecified atom stereocenters. The molecular weight excluding hydrogens is 200 g/mol. The number of sulfone groups is 1. The van der Waals surface area contributed by atoms with Gasteiger partial charge >= 0.3 is 0 Å². The van der Waals surface area contributed by atoms with E-state index in [0.717, 1.165) is 0 Å². The highest BCUT2D eigenvalue weighted by Crippen LogP contribution is 2.02. The number of hydrogen-bond donors (Lipinski definition) is 0. The predicted octanol–water partition coefficient (Wildman–Crippen LogP) is 0.653. The summed E-state index contributed by atoms with van der Waals surface area (Å²) in [6, 6.07) is 1.82. The van der Waals surface area contributed by atoms with Gasteiger partial charge in [0.1, 0.15) is 0 Å². The van der Waals surface area contributed by atoms with Gasteiger partial charge in [-0.25, -0.2) is 8.42 Å². The lowest BCUT2D eigenvalue weighted by molar-refractivity contribution is 0.320. The zero-order chi connectivity index (χ0) is 11.4. The quantitative estimate of drug-likeness (QED) is 0.680. The monoisotopic (exact) mass is 218 g/mol. The minimum Gasteiger partial charge on any atom is -0.290 e. The standard InChI is InChI=1S/C9H18N2O2S/c1-8(2)14(12,13)6-5-11(4)9(3)7-10/h8-9H,5-6H2,1-4H3. The Morgan fingerprint density at radius 2 is 1.86 bits per heavy atom. The predicted molar refractivity (Wildman–Crippen MR) is 56.6 cm³/mol. The summed E-state index contributed by atoms with van der Waals surface area (Å²) in [6.07, 6.45) is 0. The Hall–Kier alpha value is -0.600. The normalized spacial score (nSPS) is 14.4. The van der Waals surface area contributed by atoms with E-state index in [-0.39, 0.29) is 17.0 Å². The van der Waals surface area contributed by atoms with Crippen molar-refractivity contribution in [2.45, 2.75) is 32.1 Å². The smallest absolute Gasteiger partial charge is 0.153 e. The molecule has 0 saturated carbocycles. The Balaban J connectivity index is 4.15.